The lowest BCUT2D eigenvalue weighted by molar-refractivity contribution is -0.126. The van der Waals surface area contributed by atoms with Crippen molar-refractivity contribution in [1.29, 1.82) is 0 Å². The van der Waals surface area contributed by atoms with Crippen LogP contribution >= 0.6 is 15.9 Å². The van der Waals surface area contributed by atoms with Gasteiger partial charge in [0, 0.05) is 12.6 Å². The molecule has 1 saturated heterocycles. The number of carbonyl (C=O) groups excluding carboxylic acids is 2. The summed E-state index contributed by atoms with van der Waals surface area (Å²) in [5.41, 5.74) is 4.69. The van der Waals surface area contributed by atoms with Crippen LogP contribution in [0, 0.1) is 0 Å². The summed E-state index contributed by atoms with van der Waals surface area (Å²) >= 11 is 3.11. The van der Waals surface area contributed by atoms with E-state index in [1.807, 2.05) is 18.7 Å². The molecular weight excluding hydrogens is 342 g/mol. The Morgan fingerprint density at radius 1 is 1.38 bits per heavy atom. The second kappa shape index (κ2) is 7.06. The Morgan fingerprint density at radius 2 is 2.14 bits per heavy atom. The number of amides is 2. The predicted octanol–water partition coefficient (Wildman–Crippen LogP) is 0.912. The molecule has 2 unspecified atom stereocenters. The molecule has 8 heteroatoms. The first-order valence-electron chi connectivity index (χ1n) is 6.66. The van der Waals surface area contributed by atoms with Crippen LogP contribution in [0.25, 0.3) is 0 Å². The van der Waals surface area contributed by atoms with Gasteiger partial charge in [-0.15, -0.1) is 0 Å². The van der Waals surface area contributed by atoms with Crippen molar-refractivity contribution < 1.29 is 18.7 Å². The quantitative estimate of drug-likeness (QED) is 0.783. The van der Waals surface area contributed by atoms with Gasteiger partial charge < -0.3 is 9.15 Å². The maximum Gasteiger partial charge on any atom is 0.305 e. The smallest absolute Gasteiger partial charge is 0.305 e. The third kappa shape index (κ3) is 4.55. The molecule has 116 valence electrons. The van der Waals surface area contributed by atoms with Gasteiger partial charge in [-0.1, -0.05) is 0 Å². The van der Waals surface area contributed by atoms with Crippen molar-refractivity contribution in [3.63, 3.8) is 0 Å². The maximum absolute atomic E-state index is 11.9. The Labute approximate surface area is 131 Å². The summed E-state index contributed by atoms with van der Waals surface area (Å²) < 4.78 is 11.0. The molecule has 0 saturated carbocycles. The van der Waals surface area contributed by atoms with Crippen LogP contribution in [0.4, 0.5) is 0 Å². The average Bonchev–Trinajstić information content (AvgIpc) is 2.87. The number of nitrogens with zero attached hydrogens (tertiary/aromatic N) is 1. The van der Waals surface area contributed by atoms with E-state index in [1.165, 1.54) is 6.07 Å². The highest BCUT2D eigenvalue weighted by atomic mass is 79.9. The second-order valence-electron chi connectivity index (χ2n) is 5.03. The molecule has 0 spiro atoms. The lowest BCUT2D eigenvalue weighted by Crippen LogP contribution is -2.53. The standard InChI is InChI=1S/C13H18BrN3O4/c1-8-7-20-9(2)5-17(8)6-12(18)15-16-13(19)10-3-4-11(14)21-10/h3-4,8-9H,5-7H2,1-2H3,(H,15,18)(H,16,19). The van der Waals surface area contributed by atoms with Gasteiger partial charge in [0.25, 0.3) is 5.91 Å². The van der Waals surface area contributed by atoms with Crippen LogP contribution in [0.1, 0.15) is 24.4 Å². The van der Waals surface area contributed by atoms with Crippen LogP contribution < -0.4 is 10.9 Å². The molecule has 1 aromatic rings. The molecule has 1 aromatic heterocycles. The second-order valence-corrected chi connectivity index (χ2v) is 5.81. The van der Waals surface area contributed by atoms with E-state index in [0.29, 0.717) is 17.8 Å². The van der Waals surface area contributed by atoms with Gasteiger partial charge in [0.1, 0.15) is 0 Å². The summed E-state index contributed by atoms with van der Waals surface area (Å²) in [6.45, 7) is 5.46. The molecular formula is C13H18BrN3O4. The Hall–Kier alpha value is -1.38. The first kappa shape index (κ1) is 16.0. The molecule has 0 bridgehead atoms. The number of carbonyl (C=O) groups is 2. The van der Waals surface area contributed by atoms with Crippen molar-refractivity contribution in [3.8, 4) is 0 Å². The molecule has 2 amide bonds. The lowest BCUT2D eigenvalue weighted by atomic mass is 10.2. The maximum atomic E-state index is 11.9. The van der Waals surface area contributed by atoms with Gasteiger partial charge in [0.05, 0.1) is 19.3 Å². The molecule has 2 atom stereocenters. The third-order valence-electron chi connectivity index (χ3n) is 3.20. The largest absolute Gasteiger partial charge is 0.444 e. The zero-order valence-electron chi connectivity index (χ0n) is 11.9. The molecule has 21 heavy (non-hydrogen) atoms. The highest BCUT2D eigenvalue weighted by Gasteiger charge is 2.25. The molecule has 2 rings (SSSR count). The number of rotatable bonds is 3. The van der Waals surface area contributed by atoms with E-state index in [2.05, 4.69) is 26.8 Å². The highest BCUT2D eigenvalue weighted by molar-refractivity contribution is 9.10. The van der Waals surface area contributed by atoms with Crippen molar-refractivity contribution in [2.45, 2.75) is 26.0 Å². The minimum absolute atomic E-state index is 0.101. The minimum Gasteiger partial charge on any atom is -0.444 e. The van der Waals surface area contributed by atoms with Crippen LogP contribution in [0.5, 0.6) is 0 Å². The first-order valence-corrected chi connectivity index (χ1v) is 7.45. The number of ether oxygens (including phenoxy) is 1. The van der Waals surface area contributed by atoms with Crippen LogP contribution in [0.2, 0.25) is 0 Å². The van der Waals surface area contributed by atoms with E-state index in [-0.39, 0.29) is 30.4 Å². The predicted molar refractivity (Wildman–Crippen MR) is 78.5 cm³/mol. The van der Waals surface area contributed by atoms with E-state index in [1.54, 1.807) is 6.07 Å². The van der Waals surface area contributed by atoms with Crippen molar-refractivity contribution in [1.82, 2.24) is 15.8 Å². The molecule has 2 heterocycles. The monoisotopic (exact) mass is 359 g/mol. The molecule has 1 fully saturated rings. The Bertz CT molecular complexity index is 519. The molecule has 0 aliphatic carbocycles. The topological polar surface area (TPSA) is 83.8 Å². The van der Waals surface area contributed by atoms with Crippen molar-refractivity contribution in [3.05, 3.63) is 22.6 Å². The first-order chi connectivity index (χ1) is 9.95. The fourth-order valence-corrected chi connectivity index (χ4v) is 2.35. The van der Waals surface area contributed by atoms with Gasteiger partial charge in [-0.2, -0.15) is 0 Å². The zero-order chi connectivity index (χ0) is 15.4. The van der Waals surface area contributed by atoms with Gasteiger partial charge in [0.2, 0.25) is 0 Å². The number of furan rings is 1. The van der Waals surface area contributed by atoms with Gasteiger partial charge in [-0.25, -0.2) is 0 Å². The number of halogens is 1. The fourth-order valence-electron chi connectivity index (χ4n) is 2.04. The van der Waals surface area contributed by atoms with Gasteiger partial charge >= 0.3 is 5.91 Å². The minimum atomic E-state index is -0.502. The lowest BCUT2D eigenvalue weighted by Gasteiger charge is -2.36. The van der Waals surface area contributed by atoms with Crippen molar-refractivity contribution >= 4 is 27.7 Å². The number of hydrazine groups is 1. The molecule has 7 nitrogen and oxygen atoms in total. The van der Waals surface area contributed by atoms with E-state index >= 15 is 0 Å². The average molecular weight is 360 g/mol. The van der Waals surface area contributed by atoms with Crippen LogP contribution in [0.15, 0.2) is 21.2 Å². The van der Waals surface area contributed by atoms with Gasteiger partial charge in [-0.3, -0.25) is 25.3 Å². The molecule has 0 radical (unpaired) electrons. The Balaban J connectivity index is 1.78. The van der Waals surface area contributed by atoms with Crippen molar-refractivity contribution in [2.24, 2.45) is 0 Å². The van der Waals surface area contributed by atoms with Gasteiger partial charge in [0.15, 0.2) is 10.4 Å². The summed E-state index contributed by atoms with van der Waals surface area (Å²) in [7, 11) is 0. The number of hydrogen-bond donors (Lipinski definition) is 2. The molecule has 0 aromatic carbocycles. The highest BCUT2D eigenvalue weighted by Crippen LogP contribution is 2.13. The Morgan fingerprint density at radius 3 is 2.81 bits per heavy atom. The summed E-state index contributed by atoms with van der Waals surface area (Å²) in [6, 6.07) is 3.29. The number of hydrogen-bond acceptors (Lipinski definition) is 5. The van der Waals surface area contributed by atoms with Crippen LogP contribution in [-0.4, -0.2) is 48.6 Å². The third-order valence-corrected chi connectivity index (χ3v) is 3.62. The van der Waals surface area contributed by atoms with E-state index in [4.69, 9.17) is 9.15 Å². The van der Waals surface area contributed by atoms with E-state index < -0.39 is 5.91 Å². The summed E-state index contributed by atoms with van der Waals surface area (Å²) in [5, 5.41) is 0. The van der Waals surface area contributed by atoms with E-state index in [9.17, 15) is 9.59 Å². The number of morpholine rings is 1. The molecule has 1 aliphatic rings. The van der Waals surface area contributed by atoms with Crippen molar-refractivity contribution in [2.75, 3.05) is 19.7 Å². The fraction of sp³-hybridized carbons (Fsp3) is 0.538. The number of nitrogens with one attached hydrogen (secondary N) is 2. The van der Waals surface area contributed by atoms with Gasteiger partial charge in [-0.05, 0) is 41.9 Å². The normalized spacial score (nSPS) is 22.8. The molecule has 1 aliphatic heterocycles. The molecule has 2 N–H and O–H groups in total. The zero-order valence-corrected chi connectivity index (χ0v) is 13.5. The SMILES string of the molecule is CC1CN(CC(=O)NNC(=O)c2ccc(Br)o2)C(C)CO1. The summed E-state index contributed by atoms with van der Waals surface area (Å²) in [6.07, 6.45) is 0.101. The Kier molecular flexibility index (Phi) is 5.38. The van der Waals surface area contributed by atoms with Crippen LogP contribution in [0.3, 0.4) is 0 Å². The summed E-state index contributed by atoms with van der Waals surface area (Å²) in [5.74, 6) is -0.664. The van der Waals surface area contributed by atoms with Crippen LogP contribution in [-0.2, 0) is 9.53 Å². The summed E-state index contributed by atoms with van der Waals surface area (Å²) in [4.78, 5) is 25.6. The van der Waals surface area contributed by atoms with E-state index in [0.717, 1.165) is 0 Å².